The molecule has 1 aromatic heterocycles. The Balaban J connectivity index is 1.92. The van der Waals surface area contributed by atoms with E-state index >= 15 is 0 Å². The van der Waals surface area contributed by atoms with Crippen molar-refractivity contribution in [3.63, 3.8) is 0 Å². The molecule has 21 heavy (non-hydrogen) atoms. The molecular weight excluding hydrogens is 260 g/mol. The number of aromatic amines is 1. The number of fused-ring (bicyclic) bond motifs is 1. The number of aryl methyl sites for hydroxylation is 2. The number of para-hydroxylation sites is 1. The number of rotatable bonds is 3. The zero-order valence-electron chi connectivity index (χ0n) is 12.2. The fraction of sp³-hybridized carbons (Fsp3) is 0.167. The van der Waals surface area contributed by atoms with Gasteiger partial charge in [-0.25, -0.2) is 0 Å². The third-order valence-electron chi connectivity index (χ3n) is 3.79. The highest BCUT2D eigenvalue weighted by atomic mass is 16.1. The van der Waals surface area contributed by atoms with E-state index in [1.807, 2.05) is 49.5 Å². The summed E-state index contributed by atoms with van der Waals surface area (Å²) in [5, 5.41) is 4.10. The van der Waals surface area contributed by atoms with Crippen LogP contribution in [0, 0.1) is 6.92 Å². The molecule has 3 heteroatoms. The molecule has 0 unspecified atom stereocenters. The molecule has 0 atom stereocenters. The molecule has 0 aliphatic rings. The second-order valence-corrected chi connectivity index (χ2v) is 5.20. The topological polar surface area (TPSA) is 44.9 Å². The first kappa shape index (κ1) is 13.4. The van der Waals surface area contributed by atoms with E-state index < -0.39 is 0 Å². The fourth-order valence-corrected chi connectivity index (χ4v) is 2.58. The van der Waals surface area contributed by atoms with Crippen LogP contribution in [0.2, 0.25) is 0 Å². The molecule has 0 fully saturated rings. The van der Waals surface area contributed by atoms with Gasteiger partial charge in [0.25, 0.3) is 5.91 Å². The predicted molar refractivity (Wildman–Crippen MR) is 86.8 cm³/mol. The highest BCUT2D eigenvalue weighted by molar-refractivity contribution is 6.06. The van der Waals surface area contributed by atoms with Crippen LogP contribution in [0.3, 0.4) is 0 Å². The van der Waals surface area contributed by atoms with E-state index in [1.54, 1.807) is 0 Å². The van der Waals surface area contributed by atoms with Gasteiger partial charge in [0.1, 0.15) is 0 Å². The van der Waals surface area contributed by atoms with Crippen molar-refractivity contribution in [1.82, 2.24) is 4.98 Å². The minimum atomic E-state index is -0.0675. The highest BCUT2D eigenvalue weighted by Gasteiger charge is 2.11. The molecule has 0 spiro atoms. The molecule has 3 rings (SSSR count). The number of anilines is 1. The van der Waals surface area contributed by atoms with Crippen LogP contribution in [0.25, 0.3) is 10.9 Å². The number of nitrogens with one attached hydrogen (secondary N) is 2. The Bertz CT molecular complexity index is 802. The summed E-state index contributed by atoms with van der Waals surface area (Å²) in [5.41, 5.74) is 4.89. The Labute approximate surface area is 124 Å². The molecular formula is C18H18N2O. The Kier molecular flexibility index (Phi) is 3.48. The van der Waals surface area contributed by atoms with Gasteiger partial charge in [-0.3, -0.25) is 4.79 Å². The van der Waals surface area contributed by atoms with E-state index in [2.05, 4.69) is 23.3 Å². The average molecular weight is 278 g/mol. The number of hydrogen-bond acceptors (Lipinski definition) is 1. The van der Waals surface area contributed by atoms with Crippen LogP contribution in [0.15, 0.2) is 48.7 Å². The van der Waals surface area contributed by atoms with Gasteiger partial charge < -0.3 is 10.3 Å². The van der Waals surface area contributed by atoms with Crippen LogP contribution in [0.5, 0.6) is 0 Å². The Hall–Kier alpha value is -2.55. The van der Waals surface area contributed by atoms with E-state index in [0.29, 0.717) is 5.56 Å². The summed E-state index contributed by atoms with van der Waals surface area (Å²) in [5.74, 6) is -0.0675. The lowest BCUT2D eigenvalue weighted by molar-refractivity contribution is 0.102. The molecule has 3 aromatic rings. The summed E-state index contributed by atoms with van der Waals surface area (Å²) >= 11 is 0. The van der Waals surface area contributed by atoms with E-state index in [-0.39, 0.29) is 5.91 Å². The van der Waals surface area contributed by atoms with Crippen LogP contribution in [0.4, 0.5) is 5.69 Å². The van der Waals surface area contributed by atoms with Crippen LogP contribution in [-0.4, -0.2) is 10.9 Å². The molecule has 0 saturated heterocycles. The summed E-state index contributed by atoms with van der Waals surface area (Å²) in [6.45, 7) is 4.11. The van der Waals surface area contributed by atoms with Crippen LogP contribution in [0.1, 0.15) is 28.4 Å². The number of carbonyl (C=O) groups excluding carboxylic acids is 1. The smallest absolute Gasteiger partial charge is 0.255 e. The SMILES string of the molecule is CCc1cccc(C)c1NC(=O)c1ccc2[nH]ccc2c1. The van der Waals surface area contributed by atoms with Gasteiger partial charge in [0.05, 0.1) is 0 Å². The van der Waals surface area contributed by atoms with Gasteiger partial charge in [0.15, 0.2) is 0 Å². The lowest BCUT2D eigenvalue weighted by atomic mass is 10.1. The average Bonchev–Trinajstić information content (AvgIpc) is 2.96. The largest absolute Gasteiger partial charge is 0.361 e. The number of carbonyl (C=O) groups is 1. The van der Waals surface area contributed by atoms with Gasteiger partial charge in [-0.1, -0.05) is 25.1 Å². The molecule has 0 aliphatic carbocycles. The second kappa shape index (κ2) is 5.44. The third kappa shape index (κ3) is 2.55. The van der Waals surface area contributed by atoms with Gasteiger partial charge in [-0.05, 0) is 48.7 Å². The molecule has 2 aromatic carbocycles. The van der Waals surface area contributed by atoms with E-state index in [4.69, 9.17) is 0 Å². The number of benzene rings is 2. The fourth-order valence-electron chi connectivity index (χ4n) is 2.58. The van der Waals surface area contributed by atoms with Crippen LogP contribution < -0.4 is 5.32 Å². The van der Waals surface area contributed by atoms with Crippen LogP contribution in [-0.2, 0) is 6.42 Å². The first-order valence-corrected chi connectivity index (χ1v) is 7.16. The molecule has 2 N–H and O–H groups in total. The molecule has 0 aliphatic heterocycles. The summed E-state index contributed by atoms with van der Waals surface area (Å²) in [6, 6.07) is 13.8. The molecule has 0 bridgehead atoms. The molecule has 1 heterocycles. The van der Waals surface area contributed by atoms with Crippen molar-refractivity contribution in [3.05, 3.63) is 65.4 Å². The third-order valence-corrected chi connectivity index (χ3v) is 3.79. The number of H-pyrrole nitrogens is 1. The van der Waals surface area contributed by atoms with Gasteiger partial charge in [0, 0.05) is 28.4 Å². The number of hydrogen-bond donors (Lipinski definition) is 2. The van der Waals surface area contributed by atoms with E-state index in [1.165, 1.54) is 0 Å². The summed E-state index contributed by atoms with van der Waals surface area (Å²) in [4.78, 5) is 15.6. The maximum absolute atomic E-state index is 12.5. The monoisotopic (exact) mass is 278 g/mol. The van der Waals surface area contributed by atoms with Gasteiger partial charge in [0.2, 0.25) is 0 Å². The van der Waals surface area contributed by atoms with Crippen LogP contribution >= 0.6 is 0 Å². The minimum Gasteiger partial charge on any atom is -0.361 e. The maximum Gasteiger partial charge on any atom is 0.255 e. The summed E-state index contributed by atoms with van der Waals surface area (Å²) in [6.07, 6.45) is 2.77. The Morgan fingerprint density at radius 2 is 2.05 bits per heavy atom. The van der Waals surface area contributed by atoms with Crippen molar-refractivity contribution >= 4 is 22.5 Å². The zero-order chi connectivity index (χ0) is 14.8. The molecule has 3 nitrogen and oxygen atoms in total. The first-order valence-electron chi connectivity index (χ1n) is 7.16. The lowest BCUT2D eigenvalue weighted by Crippen LogP contribution is -2.14. The van der Waals surface area contributed by atoms with Crippen molar-refractivity contribution in [2.45, 2.75) is 20.3 Å². The van der Waals surface area contributed by atoms with Crippen molar-refractivity contribution in [2.75, 3.05) is 5.32 Å². The number of aromatic nitrogens is 1. The standard InChI is InChI=1S/C18H18N2O/c1-3-13-6-4-5-12(2)17(13)20-18(21)15-7-8-16-14(11-15)9-10-19-16/h4-11,19H,3H2,1-2H3,(H,20,21). The van der Waals surface area contributed by atoms with Crippen molar-refractivity contribution in [2.24, 2.45) is 0 Å². The molecule has 0 saturated carbocycles. The molecule has 106 valence electrons. The molecule has 0 radical (unpaired) electrons. The highest BCUT2D eigenvalue weighted by Crippen LogP contribution is 2.22. The van der Waals surface area contributed by atoms with Crippen molar-refractivity contribution < 1.29 is 4.79 Å². The number of amides is 1. The first-order chi connectivity index (χ1) is 10.2. The lowest BCUT2D eigenvalue weighted by Gasteiger charge is -2.13. The normalized spacial score (nSPS) is 10.8. The maximum atomic E-state index is 12.5. The second-order valence-electron chi connectivity index (χ2n) is 5.20. The van der Waals surface area contributed by atoms with Crippen molar-refractivity contribution in [3.8, 4) is 0 Å². The quantitative estimate of drug-likeness (QED) is 0.737. The van der Waals surface area contributed by atoms with E-state index in [0.717, 1.165) is 34.1 Å². The summed E-state index contributed by atoms with van der Waals surface area (Å²) < 4.78 is 0. The Morgan fingerprint density at radius 3 is 2.86 bits per heavy atom. The zero-order valence-corrected chi connectivity index (χ0v) is 12.2. The minimum absolute atomic E-state index is 0.0675. The van der Waals surface area contributed by atoms with E-state index in [9.17, 15) is 4.79 Å². The van der Waals surface area contributed by atoms with Gasteiger partial charge >= 0.3 is 0 Å². The van der Waals surface area contributed by atoms with Gasteiger partial charge in [-0.2, -0.15) is 0 Å². The van der Waals surface area contributed by atoms with Gasteiger partial charge in [-0.15, -0.1) is 0 Å². The Morgan fingerprint density at radius 1 is 1.19 bits per heavy atom. The predicted octanol–water partition coefficient (Wildman–Crippen LogP) is 4.29. The summed E-state index contributed by atoms with van der Waals surface area (Å²) in [7, 11) is 0. The van der Waals surface area contributed by atoms with Crippen molar-refractivity contribution in [1.29, 1.82) is 0 Å². The molecule has 1 amide bonds.